The van der Waals surface area contributed by atoms with Crippen molar-refractivity contribution >= 4 is 34.1 Å². The van der Waals surface area contributed by atoms with Gasteiger partial charge in [0.15, 0.2) is 11.3 Å². The second-order valence-corrected chi connectivity index (χ2v) is 8.10. The number of anilines is 2. The number of rotatable bonds is 6. The van der Waals surface area contributed by atoms with Crippen LogP contribution in [-0.2, 0) is 0 Å². The third kappa shape index (κ3) is 4.20. The van der Waals surface area contributed by atoms with E-state index in [2.05, 4.69) is 47.8 Å². The number of hydrogen-bond acceptors (Lipinski definition) is 5. The van der Waals surface area contributed by atoms with E-state index < -0.39 is 0 Å². The molecule has 0 saturated heterocycles. The molecule has 3 aromatic rings. The van der Waals surface area contributed by atoms with Crippen LogP contribution in [0.2, 0.25) is 5.02 Å². The van der Waals surface area contributed by atoms with Crippen LogP contribution in [0.3, 0.4) is 0 Å². The van der Waals surface area contributed by atoms with Crippen LogP contribution < -0.4 is 16.7 Å². The van der Waals surface area contributed by atoms with Gasteiger partial charge >= 0.3 is 0 Å². The number of nitrogens with one attached hydrogen (secondary N) is 2. The van der Waals surface area contributed by atoms with Crippen molar-refractivity contribution in [3.63, 3.8) is 0 Å². The Labute approximate surface area is 170 Å². The molecule has 150 valence electrons. The Balaban J connectivity index is 2.27. The first kappa shape index (κ1) is 20.4. The standard InChI is InChI=1S/C20H28ClN7/c1-11(2)16-18-17(27-26-16)19(24-15-8-6-14(21)7-9-15)25-20(23-10-13(5)22)28(18)12(3)4/h6-9,11-13H,10,22H2,1-5H3,(H,26,27)(H,23,24,25). The minimum Gasteiger partial charge on any atom is -0.338 e. The summed E-state index contributed by atoms with van der Waals surface area (Å²) < 4.78 is 2.13. The van der Waals surface area contributed by atoms with Crippen molar-refractivity contribution in [2.45, 2.75) is 52.6 Å². The largest absolute Gasteiger partial charge is 0.338 e. The van der Waals surface area contributed by atoms with Gasteiger partial charge in [-0.1, -0.05) is 25.4 Å². The second kappa shape index (κ2) is 8.32. The van der Waals surface area contributed by atoms with E-state index in [4.69, 9.17) is 27.3 Å². The van der Waals surface area contributed by atoms with Crippen molar-refractivity contribution in [3.05, 3.63) is 40.6 Å². The van der Waals surface area contributed by atoms with Crippen LogP contribution in [0.4, 0.5) is 11.5 Å². The van der Waals surface area contributed by atoms with Crippen LogP contribution in [0.25, 0.3) is 11.0 Å². The number of fused-ring (bicyclic) bond motifs is 1. The van der Waals surface area contributed by atoms with Crippen molar-refractivity contribution in [3.8, 4) is 0 Å². The number of nitrogens with two attached hydrogens (primary N) is 1. The summed E-state index contributed by atoms with van der Waals surface area (Å²) in [5.41, 5.74) is 10.3. The molecule has 4 N–H and O–H groups in total. The van der Waals surface area contributed by atoms with Crippen molar-refractivity contribution in [2.75, 3.05) is 11.9 Å². The molecule has 0 spiro atoms. The quantitative estimate of drug-likeness (QED) is 0.579. The Morgan fingerprint density at radius 3 is 2.43 bits per heavy atom. The molecule has 1 atom stereocenters. The highest BCUT2D eigenvalue weighted by Gasteiger charge is 2.20. The maximum atomic E-state index is 6.01. The van der Waals surface area contributed by atoms with Crippen LogP contribution in [0, 0.1) is 0 Å². The van der Waals surface area contributed by atoms with Gasteiger partial charge in [-0.15, -0.1) is 0 Å². The third-order valence-corrected chi connectivity index (χ3v) is 4.63. The van der Waals surface area contributed by atoms with Crippen LogP contribution in [0.15, 0.2) is 29.3 Å². The molecule has 2 heterocycles. The van der Waals surface area contributed by atoms with E-state index in [9.17, 15) is 0 Å². The van der Waals surface area contributed by atoms with Crippen LogP contribution in [-0.4, -0.2) is 32.3 Å². The molecule has 1 unspecified atom stereocenters. The van der Waals surface area contributed by atoms with Gasteiger partial charge in [0.25, 0.3) is 0 Å². The summed E-state index contributed by atoms with van der Waals surface area (Å²) in [5.74, 6) is 0.933. The highest BCUT2D eigenvalue weighted by molar-refractivity contribution is 6.30. The molecule has 0 aliphatic rings. The molecule has 3 rings (SSSR count). The first-order valence-corrected chi connectivity index (χ1v) is 9.94. The lowest BCUT2D eigenvalue weighted by molar-refractivity contribution is 0.564. The lowest BCUT2D eigenvalue weighted by Crippen LogP contribution is -2.30. The Hall–Kier alpha value is -2.38. The molecule has 0 aliphatic carbocycles. The van der Waals surface area contributed by atoms with Gasteiger partial charge in [-0.05, 0) is 51.0 Å². The van der Waals surface area contributed by atoms with E-state index in [1.165, 1.54) is 0 Å². The minimum atomic E-state index is -0.0419. The van der Waals surface area contributed by atoms with E-state index >= 15 is 0 Å². The number of aromatic nitrogens is 4. The van der Waals surface area contributed by atoms with E-state index in [0.29, 0.717) is 23.0 Å². The molecule has 0 radical (unpaired) electrons. The highest BCUT2D eigenvalue weighted by Crippen LogP contribution is 2.29. The molecular formula is C20H28ClN7. The summed E-state index contributed by atoms with van der Waals surface area (Å²) in [5, 5.41) is 11.8. The summed E-state index contributed by atoms with van der Waals surface area (Å²) in [6, 6.07) is 7.62. The number of H-pyrrole nitrogens is 1. The normalized spacial score (nSPS) is 13.7. The van der Waals surface area contributed by atoms with Gasteiger partial charge in [0.05, 0.1) is 17.8 Å². The van der Waals surface area contributed by atoms with Gasteiger partial charge in [-0.3, -0.25) is 5.10 Å². The van der Waals surface area contributed by atoms with E-state index in [-0.39, 0.29) is 18.0 Å². The molecular weight excluding hydrogens is 374 g/mol. The SMILES string of the molecule is CC(N)CN=c1nc(Nc2ccc(Cl)cc2)c2n[nH]c(C(C)C)c2n1C(C)C. The molecule has 1 aromatic carbocycles. The van der Waals surface area contributed by atoms with Gasteiger partial charge in [0.1, 0.15) is 0 Å². The van der Waals surface area contributed by atoms with E-state index in [1.807, 2.05) is 31.2 Å². The van der Waals surface area contributed by atoms with Crippen molar-refractivity contribution in [1.29, 1.82) is 0 Å². The smallest absolute Gasteiger partial charge is 0.227 e. The fraction of sp³-hybridized carbons (Fsp3) is 0.450. The molecule has 0 saturated carbocycles. The molecule has 0 bridgehead atoms. The van der Waals surface area contributed by atoms with Crippen LogP contribution in [0.5, 0.6) is 0 Å². The monoisotopic (exact) mass is 401 g/mol. The Morgan fingerprint density at radius 2 is 1.86 bits per heavy atom. The Morgan fingerprint density at radius 1 is 1.18 bits per heavy atom. The Kier molecular flexibility index (Phi) is 6.05. The van der Waals surface area contributed by atoms with Crippen molar-refractivity contribution < 1.29 is 0 Å². The topological polar surface area (TPSA) is 96.9 Å². The van der Waals surface area contributed by atoms with Gasteiger partial charge in [0, 0.05) is 22.8 Å². The fourth-order valence-corrected chi connectivity index (χ4v) is 3.18. The number of hydrogen-bond donors (Lipinski definition) is 3. The molecule has 0 fully saturated rings. The van der Waals surface area contributed by atoms with E-state index in [1.54, 1.807) is 0 Å². The predicted octanol–water partition coefficient (Wildman–Crippen LogP) is 4.11. The summed E-state index contributed by atoms with van der Waals surface area (Å²) in [6.07, 6.45) is 0. The summed E-state index contributed by atoms with van der Waals surface area (Å²) in [6.45, 7) is 11.0. The van der Waals surface area contributed by atoms with Gasteiger partial charge in [-0.2, -0.15) is 10.1 Å². The number of halogens is 1. The summed E-state index contributed by atoms with van der Waals surface area (Å²) in [7, 11) is 0. The molecule has 8 heteroatoms. The van der Waals surface area contributed by atoms with E-state index in [0.717, 1.165) is 22.4 Å². The van der Waals surface area contributed by atoms with Crippen LogP contribution >= 0.6 is 11.6 Å². The lowest BCUT2D eigenvalue weighted by Gasteiger charge is -2.17. The maximum absolute atomic E-state index is 6.01. The first-order valence-electron chi connectivity index (χ1n) is 9.57. The summed E-state index contributed by atoms with van der Waals surface area (Å²) in [4.78, 5) is 9.50. The molecule has 0 amide bonds. The molecule has 2 aromatic heterocycles. The average Bonchev–Trinajstić information content (AvgIpc) is 3.06. The average molecular weight is 402 g/mol. The second-order valence-electron chi connectivity index (χ2n) is 7.66. The van der Waals surface area contributed by atoms with Crippen molar-refractivity contribution in [1.82, 2.24) is 19.7 Å². The molecule has 28 heavy (non-hydrogen) atoms. The van der Waals surface area contributed by atoms with Crippen LogP contribution in [0.1, 0.15) is 52.3 Å². The first-order chi connectivity index (χ1) is 13.3. The third-order valence-electron chi connectivity index (χ3n) is 4.38. The lowest BCUT2D eigenvalue weighted by atomic mass is 10.1. The number of benzene rings is 1. The van der Waals surface area contributed by atoms with Gasteiger partial charge in [-0.25, -0.2) is 4.99 Å². The zero-order chi connectivity index (χ0) is 20.4. The zero-order valence-corrected chi connectivity index (χ0v) is 17.7. The zero-order valence-electron chi connectivity index (χ0n) is 17.0. The molecule has 7 nitrogen and oxygen atoms in total. The summed E-state index contributed by atoms with van der Waals surface area (Å²) >= 11 is 6.01. The van der Waals surface area contributed by atoms with Crippen molar-refractivity contribution in [2.24, 2.45) is 10.7 Å². The highest BCUT2D eigenvalue weighted by atomic mass is 35.5. The Bertz CT molecular complexity index is 1010. The molecule has 0 aliphatic heterocycles. The minimum absolute atomic E-state index is 0.0419. The number of nitrogens with zero attached hydrogens (tertiary/aromatic N) is 4. The van der Waals surface area contributed by atoms with Gasteiger partial charge in [0.2, 0.25) is 5.62 Å². The fourth-order valence-electron chi connectivity index (χ4n) is 3.05. The number of aromatic amines is 1. The maximum Gasteiger partial charge on any atom is 0.227 e. The van der Waals surface area contributed by atoms with Gasteiger partial charge < -0.3 is 15.6 Å². The predicted molar refractivity (Wildman–Crippen MR) is 115 cm³/mol.